The van der Waals surface area contributed by atoms with Crippen LogP contribution in [0.15, 0.2) is 23.2 Å². The number of rotatable bonds is 4. The minimum absolute atomic E-state index is 0.0965. The number of aromatic nitrogens is 3. The number of hydrogen-bond acceptors (Lipinski definition) is 8. The molecule has 0 amide bonds. The SMILES string of the molecule is CS(=O)(=O)N1CCN(C(c2ccsc2)c2sc3ncnn3c2O)CC1. The number of piperazine rings is 1. The highest BCUT2D eigenvalue weighted by Crippen LogP contribution is 2.40. The molecule has 4 heterocycles. The standard InChI is InChI=1S/C14H17N5O3S3/c1-25(21,22)18-5-3-17(4-6-18)11(10-2-7-23-8-10)12-13(20)19-14(24-12)15-9-16-19/h2,7-9,11,20H,3-6H2,1H3. The molecule has 0 radical (unpaired) electrons. The highest BCUT2D eigenvalue weighted by molar-refractivity contribution is 7.88. The molecule has 8 nitrogen and oxygen atoms in total. The first-order valence-corrected chi connectivity index (χ1v) is 11.3. The van der Waals surface area contributed by atoms with Crippen LogP contribution in [0.1, 0.15) is 16.5 Å². The minimum Gasteiger partial charge on any atom is -0.492 e. The van der Waals surface area contributed by atoms with Gasteiger partial charge >= 0.3 is 0 Å². The fourth-order valence-electron chi connectivity index (χ4n) is 3.12. The van der Waals surface area contributed by atoms with E-state index in [2.05, 4.69) is 20.4 Å². The van der Waals surface area contributed by atoms with Gasteiger partial charge in [-0.2, -0.15) is 25.3 Å². The highest BCUT2D eigenvalue weighted by atomic mass is 32.2. The normalized spacial score (nSPS) is 18.8. The predicted molar refractivity (Wildman–Crippen MR) is 96.7 cm³/mol. The number of nitrogens with zero attached hydrogens (tertiary/aromatic N) is 5. The van der Waals surface area contributed by atoms with Gasteiger partial charge in [-0.25, -0.2) is 13.4 Å². The average Bonchev–Trinajstić information content (AvgIpc) is 3.29. The lowest BCUT2D eigenvalue weighted by Gasteiger charge is -2.37. The van der Waals surface area contributed by atoms with Crippen molar-refractivity contribution in [2.24, 2.45) is 0 Å². The van der Waals surface area contributed by atoms with E-state index in [-0.39, 0.29) is 11.9 Å². The average molecular weight is 400 g/mol. The Hall–Kier alpha value is -1.53. The van der Waals surface area contributed by atoms with Gasteiger partial charge in [-0.3, -0.25) is 4.90 Å². The van der Waals surface area contributed by atoms with Crippen LogP contribution in [0, 0.1) is 0 Å². The second-order valence-electron chi connectivity index (χ2n) is 5.90. The van der Waals surface area contributed by atoms with E-state index in [0.29, 0.717) is 31.1 Å². The van der Waals surface area contributed by atoms with E-state index in [4.69, 9.17) is 0 Å². The third kappa shape index (κ3) is 3.06. The highest BCUT2D eigenvalue weighted by Gasteiger charge is 2.33. The lowest BCUT2D eigenvalue weighted by molar-refractivity contribution is 0.156. The maximum atomic E-state index is 11.7. The van der Waals surface area contributed by atoms with Crippen LogP contribution in [0.2, 0.25) is 0 Å². The van der Waals surface area contributed by atoms with Crippen molar-refractivity contribution in [2.45, 2.75) is 6.04 Å². The monoisotopic (exact) mass is 399 g/mol. The van der Waals surface area contributed by atoms with Gasteiger partial charge in [-0.1, -0.05) is 11.3 Å². The zero-order chi connectivity index (χ0) is 17.6. The van der Waals surface area contributed by atoms with Gasteiger partial charge in [0, 0.05) is 26.2 Å². The van der Waals surface area contributed by atoms with Gasteiger partial charge < -0.3 is 5.11 Å². The van der Waals surface area contributed by atoms with Crippen LogP contribution in [-0.2, 0) is 10.0 Å². The van der Waals surface area contributed by atoms with Crippen LogP contribution >= 0.6 is 22.7 Å². The fourth-order valence-corrected chi connectivity index (χ4v) is 5.72. The molecule has 1 atom stereocenters. The van der Waals surface area contributed by atoms with Crippen molar-refractivity contribution < 1.29 is 13.5 Å². The zero-order valence-electron chi connectivity index (χ0n) is 13.4. The van der Waals surface area contributed by atoms with Crippen LogP contribution in [-0.4, -0.2) is 69.8 Å². The Labute approximate surface area is 153 Å². The summed E-state index contributed by atoms with van der Waals surface area (Å²) in [6, 6.07) is 1.90. The number of thiophene rings is 1. The number of aromatic hydroxyl groups is 1. The van der Waals surface area contributed by atoms with E-state index in [1.807, 2.05) is 11.4 Å². The molecule has 1 aliphatic rings. The lowest BCUT2D eigenvalue weighted by atomic mass is 10.1. The van der Waals surface area contributed by atoms with Crippen molar-refractivity contribution in [1.29, 1.82) is 0 Å². The van der Waals surface area contributed by atoms with E-state index in [1.165, 1.54) is 32.7 Å². The van der Waals surface area contributed by atoms with E-state index < -0.39 is 10.0 Å². The quantitative estimate of drug-likeness (QED) is 0.709. The molecular weight excluding hydrogens is 382 g/mol. The minimum atomic E-state index is -3.18. The van der Waals surface area contributed by atoms with Gasteiger partial charge in [-0.05, 0) is 22.4 Å². The molecule has 1 aliphatic heterocycles. The largest absolute Gasteiger partial charge is 0.492 e. The smallest absolute Gasteiger partial charge is 0.230 e. The summed E-state index contributed by atoms with van der Waals surface area (Å²) in [5.74, 6) is 0.0965. The van der Waals surface area contributed by atoms with Crippen LogP contribution in [0.5, 0.6) is 5.88 Å². The van der Waals surface area contributed by atoms with E-state index in [1.54, 1.807) is 11.3 Å². The van der Waals surface area contributed by atoms with Crippen molar-refractivity contribution >= 4 is 37.7 Å². The Kier molecular flexibility index (Phi) is 4.28. The first kappa shape index (κ1) is 16.9. The molecular formula is C14H17N5O3S3. The van der Waals surface area contributed by atoms with Crippen LogP contribution in [0.4, 0.5) is 0 Å². The van der Waals surface area contributed by atoms with Gasteiger partial charge in [0.1, 0.15) is 6.33 Å². The van der Waals surface area contributed by atoms with Crippen molar-refractivity contribution in [3.8, 4) is 5.88 Å². The van der Waals surface area contributed by atoms with Gasteiger partial charge in [-0.15, -0.1) is 0 Å². The summed E-state index contributed by atoms with van der Waals surface area (Å²) in [5.41, 5.74) is 1.08. The van der Waals surface area contributed by atoms with Crippen molar-refractivity contribution in [2.75, 3.05) is 32.4 Å². The predicted octanol–water partition coefficient (Wildman–Crippen LogP) is 1.22. The van der Waals surface area contributed by atoms with E-state index >= 15 is 0 Å². The number of thiazole rings is 1. The topological polar surface area (TPSA) is 91.0 Å². The van der Waals surface area contributed by atoms with Gasteiger partial charge in [0.2, 0.25) is 20.9 Å². The maximum absolute atomic E-state index is 11.7. The fraction of sp³-hybridized carbons (Fsp3) is 0.429. The molecule has 3 aromatic heterocycles. The molecule has 3 aromatic rings. The zero-order valence-corrected chi connectivity index (χ0v) is 15.9. The van der Waals surface area contributed by atoms with Crippen molar-refractivity contribution in [3.05, 3.63) is 33.6 Å². The van der Waals surface area contributed by atoms with Gasteiger partial charge in [0.25, 0.3) is 0 Å². The van der Waals surface area contributed by atoms with Crippen LogP contribution in [0.25, 0.3) is 4.96 Å². The molecule has 1 N–H and O–H groups in total. The third-order valence-electron chi connectivity index (χ3n) is 4.35. The number of sulfonamides is 1. The Morgan fingerprint density at radius 2 is 2.04 bits per heavy atom. The Balaban J connectivity index is 1.69. The molecule has 1 fully saturated rings. The molecule has 25 heavy (non-hydrogen) atoms. The molecule has 1 saturated heterocycles. The molecule has 4 rings (SSSR count). The van der Waals surface area contributed by atoms with Gasteiger partial charge in [0.05, 0.1) is 17.2 Å². The molecule has 134 valence electrons. The summed E-state index contributed by atoms with van der Waals surface area (Å²) in [7, 11) is -3.18. The molecule has 0 saturated carbocycles. The molecule has 0 spiro atoms. The second-order valence-corrected chi connectivity index (χ2v) is 9.67. The van der Waals surface area contributed by atoms with Crippen molar-refractivity contribution in [3.63, 3.8) is 0 Å². The molecule has 0 bridgehead atoms. The first-order valence-electron chi connectivity index (χ1n) is 7.68. The second kappa shape index (κ2) is 6.32. The van der Waals surface area contributed by atoms with Crippen LogP contribution < -0.4 is 0 Å². The number of hydrogen-bond donors (Lipinski definition) is 1. The Morgan fingerprint density at radius 3 is 2.64 bits per heavy atom. The molecule has 0 aliphatic carbocycles. The summed E-state index contributed by atoms with van der Waals surface area (Å²) in [6.45, 7) is 2.09. The summed E-state index contributed by atoms with van der Waals surface area (Å²) in [6.07, 6.45) is 2.66. The lowest BCUT2D eigenvalue weighted by Crippen LogP contribution is -2.49. The summed E-state index contributed by atoms with van der Waals surface area (Å²) in [4.78, 5) is 7.78. The molecule has 0 aromatic carbocycles. The summed E-state index contributed by atoms with van der Waals surface area (Å²) >= 11 is 3.01. The van der Waals surface area contributed by atoms with Gasteiger partial charge in [0.15, 0.2) is 0 Å². The Bertz CT molecular complexity index is 971. The van der Waals surface area contributed by atoms with Crippen LogP contribution in [0.3, 0.4) is 0 Å². The molecule has 1 unspecified atom stereocenters. The molecule has 11 heteroatoms. The summed E-state index contributed by atoms with van der Waals surface area (Å²) < 4.78 is 26.4. The summed E-state index contributed by atoms with van der Waals surface area (Å²) in [5, 5.41) is 18.7. The Morgan fingerprint density at radius 1 is 1.28 bits per heavy atom. The maximum Gasteiger partial charge on any atom is 0.230 e. The first-order chi connectivity index (χ1) is 11.9. The van der Waals surface area contributed by atoms with E-state index in [9.17, 15) is 13.5 Å². The number of fused-ring (bicyclic) bond motifs is 1. The third-order valence-corrected chi connectivity index (χ3v) is 7.44. The van der Waals surface area contributed by atoms with Crippen molar-refractivity contribution in [1.82, 2.24) is 23.8 Å². The van der Waals surface area contributed by atoms with E-state index in [0.717, 1.165) is 10.4 Å².